The maximum absolute atomic E-state index is 12.0. The summed E-state index contributed by atoms with van der Waals surface area (Å²) < 4.78 is 22.2. The third-order valence-corrected chi connectivity index (χ3v) is 3.76. The van der Waals surface area contributed by atoms with Crippen molar-refractivity contribution in [2.75, 3.05) is 0 Å². The number of nitrogens with one attached hydrogen (secondary N) is 1. The first kappa shape index (κ1) is 17.1. The molecular formula is C13H18N2O5S. The Balaban J connectivity index is 2.97. The fourth-order valence-electron chi connectivity index (χ4n) is 1.66. The van der Waals surface area contributed by atoms with Crippen molar-refractivity contribution in [3.8, 4) is 0 Å². The van der Waals surface area contributed by atoms with Gasteiger partial charge in [0.2, 0.25) is 10.0 Å². The van der Waals surface area contributed by atoms with E-state index in [0.29, 0.717) is 0 Å². The Morgan fingerprint density at radius 3 is 2.00 bits per heavy atom. The number of carbonyl (C=O) groups excluding carboxylic acids is 1. The van der Waals surface area contributed by atoms with Crippen molar-refractivity contribution in [2.45, 2.75) is 31.7 Å². The molecule has 1 aromatic carbocycles. The van der Waals surface area contributed by atoms with Crippen LogP contribution in [-0.2, 0) is 14.8 Å². The smallest absolute Gasteiger partial charge is 0.326 e. The largest absolute Gasteiger partial charge is 0.480 e. The summed E-state index contributed by atoms with van der Waals surface area (Å²) in [5.41, 5.74) is -0.514. The molecule has 116 valence electrons. The van der Waals surface area contributed by atoms with E-state index < -0.39 is 33.4 Å². The van der Waals surface area contributed by atoms with Crippen LogP contribution >= 0.6 is 0 Å². The van der Waals surface area contributed by atoms with Crippen LogP contribution in [0.4, 0.5) is 0 Å². The maximum Gasteiger partial charge on any atom is 0.326 e. The third-order valence-electron chi connectivity index (χ3n) is 2.83. The summed E-state index contributed by atoms with van der Waals surface area (Å²) in [7, 11) is -3.83. The van der Waals surface area contributed by atoms with E-state index in [2.05, 4.69) is 5.32 Å². The standard InChI is InChI=1S/C13H18N2O5S/c1-13(2,3)10(12(17)18)15-11(16)8-4-6-9(7-5-8)21(14,19)20/h4-7,10H,1-3H3,(H,15,16)(H,17,18)(H2,14,19,20). The Morgan fingerprint density at radius 2 is 1.67 bits per heavy atom. The number of nitrogens with two attached hydrogens (primary N) is 1. The Kier molecular flexibility index (Phi) is 4.75. The number of rotatable bonds is 4. The van der Waals surface area contributed by atoms with E-state index >= 15 is 0 Å². The molecule has 0 aliphatic heterocycles. The number of primary sulfonamides is 1. The number of amides is 1. The minimum Gasteiger partial charge on any atom is -0.480 e. The second-order valence-corrected chi connectivity index (χ2v) is 7.24. The summed E-state index contributed by atoms with van der Waals surface area (Å²) in [6, 6.07) is 3.87. The highest BCUT2D eigenvalue weighted by Crippen LogP contribution is 2.20. The van der Waals surface area contributed by atoms with Gasteiger partial charge in [0, 0.05) is 5.56 Å². The van der Waals surface area contributed by atoms with Crippen molar-refractivity contribution in [1.82, 2.24) is 5.32 Å². The lowest BCUT2D eigenvalue weighted by atomic mass is 9.86. The van der Waals surface area contributed by atoms with Crippen LogP contribution in [0.5, 0.6) is 0 Å². The van der Waals surface area contributed by atoms with Gasteiger partial charge < -0.3 is 10.4 Å². The van der Waals surface area contributed by atoms with Crippen LogP contribution in [-0.4, -0.2) is 31.4 Å². The van der Waals surface area contributed by atoms with Gasteiger partial charge in [0.25, 0.3) is 5.91 Å². The molecule has 0 aliphatic carbocycles. The predicted molar refractivity (Wildman–Crippen MR) is 76.2 cm³/mol. The lowest BCUT2D eigenvalue weighted by Gasteiger charge is -2.27. The van der Waals surface area contributed by atoms with Gasteiger partial charge in [0.1, 0.15) is 6.04 Å². The molecule has 0 radical (unpaired) electrons. The van der Waals surface area contributed by atoms with Crippen LogP contribution in [0.25, 0.3) is 0 Å². The zero-order chi connectivity index (χ0) is 16.4. The highest BCUT2D eigenvalue weighted by Gasteiger charge is 2.32. The molecule has 8 heteroatoms. The van der Waals surface area contributed by atoms with Gasteiger partial charge in [-0.25, -0.2) is 18.4 Å². The molecule has 1 rings (SSSR count). The fraction of sp³-hybridized carbons (Fsp3) is 0.385. The normalized spacial score (nSPS) is 13.5. The molecule has 0 spiro atoms. The van der Waals surface area contributed by atoms with E-state index in [4.69, 9.17) is 10.2 Å². The molecule has 0 bridgehead atoms. The molecule has 0 fully saturated rings. The van der Waals surface area contributed by atoms with Gasteiger partial charge in [-0.1, -0.05) is 20.8 Å². The van der Waals surface area contributed by atoms with Crippen LogP contribution < -0.4 is 10.5 Å². The summed E-state index contributed by atoms with van der Waals surface area (Å²) in [4.78, 5) is 23.1. The average molecular weight is 314 g/mol. The average Bonchev–Trinajstić information content (AvgIpc) is 2.33. The number of benzene rings is 1. The van der Waals surface area contributed by atoms with Crippen LogP contribution in [0, 0.1) is 5.41 Å². The lowest BCUT2D eigenvalue weighted by Crippen LogP contribution is -2.49. The van der Waals surface area contributed by atoms with E-state index in [0.717, 1.165) is 0 Å². The van der Waals surface area contributed by atoms with Gasteiger partial charge in [0.15, 0.2) is 0 Å². The van der Waals surface area contributed by atoms with E-state index in [-0.39, 0.29) is 10.5 Å². The Morgan fingerprint density at radius 1 is 1.19 bits per heavy atom. The molecule has 0 heterocycles. The van der Waals surface area contributed by atoms with Gasteiger partial charge in [-0.2, -0.15) is 0 Å². The number of hydrogen-bond donors (Lipinski definition) is 3. The number of hydrogen-bond acceptors (Lipinski definition) is 4. The highest BCUT2D eigenvalue weighted by molar-refractivity contribution is 7.89. The van der Waals surface area contributed by atoms with Crippen LogP contribution in [0.3, 0.4) is 0 Å². The molecule has 1 amide bonds. The summed E-state index contributed by atoms with van der Waals surface area (Å²) in [6.45, 7) is 5.07. The molecule has 21 heavy (non-hydrogen) atoms. The van der Waals surface area contributed by atoms with Gasteiger partial charge in [0.05, 0.1) is 4.90 Å². The number of sulfonamides is 1. The van der Waals surface area contributed by atoms with Crippen molar-refractivity contribution in [2.24, 2.45) is 10.6 Å². The summed E-state index contributed by atoms with van der Waals surface area (Å²) >= 11 is 0. The fourth-order valence-corrected chi connectivity index (χ4v) is 2.17. The molecule has 7 nitrogen and oxygen atoms in total. The number of carboxylic acid groups (broad SMARTS) is 1. The first-order valence-corrected chi connectivity index (χ1v) is 7.64. The molecule has 0 aliphatic rings. The molecular weight excluding hydrogens is 296 g/mol. The van der Waals surface area contributed by atoms with Crippen LogP contribution in [0.2, 0.25) is 0 Å². The van der Waals surface area contributed by atoms with Crippen LogP contribution in [0.15, 0.2) is 29.2 Å². The minimum absolute atomic E-state index is 0.121. The van der Waals surface area contributed by atoms with Crippen LogP contribution in [0.1, 0.15) is 31.1 Å². The third kappa shape index (κ3) is 4.54. The molecule has 1 atom stereocenters. The maximum atomic E-state index is 12.0. The second-order valence-electron chi connectivity index (χ2n) is 5.68. The SMILES string of the molecule is CC(C)(C)C(NC(=O)c1ccc(S(N)(=O)=O)cc1)C(=O)O. The topological polar surface area (TPSA) is 127 Å². The molecule has 0 saturated heterocycles. The quantitative estimate of drug-likeness (QED) is 0.748. The number of carbonyl (C=O) groups is 2. The van der Waals surface area contributed by atoms with E-state index in [1.807, 2.05) is 0 Å². The van der Waals surface area contributed by atoms with E-state index in [1.165, 1.54) is 24.3 Å². The minimum atomic E-state index is -3.83. The summed E-state index contributed by atoms with van der Waals surface area (Å²) in [6.07, 6.45) is 0. The number of carboxylic acids is 1. The Hall–Kier alpha value is -1.93. The molecule has 0 aromatic heterocycles. The molecule has 4 N–H and O–H groups in total. The summed E-state index contributed by atoms with van der Waals surface area (Å²) in [5, 5.41) is 16.5. The number of aliphatic carboxylic acids is 1. The van der Waals surface area contributed by atoms with Crippen molar-refractivity contribution < 1.29 is 23.1 Å². The van der Waals surface area contributed by atoms with Crippen molar-refractivity contribution in [3.05, 3.63) is 29.8 Å². The van der Waals surface area contributed by atoms with E-state index in [1.54, 1.807) is 20.8 Å². The second kappa shape index (κ2) is 5.82. The van der Waals surface area contributed by atoms with Gasteiger partial charge >= 0.3 is 5.97 Å². The van der Waals surface area contributed by atoms with E-state index in [9.17, 15) is 18.0 Å². The zero-order valence-corrected chi connectivity index (χ0v) is 12.8. The molecule has 0 saturated carbocycles. The molecule has 1 unspecified atom stereocenters. The van der Waals surface area contributed by atoms with Crippen molar-refractivity contribution in [1.29, 1.82) is 0 Å². The Labute approximate surface area is 123 Å². The van der Waals surface area contributed by atoms with Crippen molar-refractivity contribution in [3.63, 3.8) is 0 Å². The van der Waals surface area contributed by atoms with Gasteiger partial charge in [-0.3, -0.25) is 4.79 Å². The molecule has 1 aromatic rings. The summed E-state index contributed by atoms with van der Waals surface area (Å²) in [5.74, 6) is -1.74. The first-order chi connectivity index (χ1) is 9.43. The monoisotopic (exact) mass is 314 g/mol. The van der Waals surface area contributed by atoms with Crippen molar-refractivity contribution >= 4 is 21.9 Å². The first-order valence-electron chi connectivity index (χ1n) is 6.09. The van der Waals surface area contributed by atoms with Gasteiger partial charge in [-0.05, 0) is 29.7 Å². The van der Waals surface area contributed by atoms with Gasteiger partial charge in [-0.15, -0.1) is 0 Å². The lowest BCUT2D eigenvalue weighted by molar-refractivity contribution is -0.142. The predicted octanol–water partition coefficient (Wildman–Crippen LogP) is 0.563. The zero-order valence-electron chi connectivity index (χ0n) is 12.0. The Bertz CT molecular complexity index is 644. The highest BCUT2D eigenvalue weighted by atomic mass is 32.2.